The highest BCUT2D eigenvalue weighted by Gasteiger charge is 2.52. The van der Waals surface area contributed by atoms with Gasteiger partial charge in [0.2, 0.25) is 0 Å². The normalized spacial score (nSPS) is 17.1. The molecule has 2 heterocycles. The topological polar surface area (TPSA) is 74.7 Å². The van der Waals surface area contributed by atoms with Crippen molar-refractivity contribution in [2.45, 2.75) is 63.3 Å². The van der Waals surface area contributed by atoms with Crippen LogP contribution in [0, 0.1) is 0 Å². The lowest BCUT2D eigenvalue weighted by molar-refractivity contribution is -0.148. The van der Waals surface area contributed by atoms with Crippen LogP contribution in [0.15, 0.2) is 66.8 Å². The predicted molar refractivity (Wildman–Crippen MR) is 137 cm³/mol. The van der Waals surface area contributed by atoms with Crippen molar-refractivity contribution in [3.63, 3.8) is 0 Å². The summed E-state index contributed by atoms with van der Waals surface area (Å²) in [5.74, 6) is -6.02. The van der Waals surface area contributed by atoms with Gasteiger partial charge in [0.15, 0.2) is 5.78 Å². The molecule has 0 unspecified atom stereocenters. The number of unbranched alkanes of at least 4 members (excludes halogenated alkanes) is 2. The molecule has 1 aliphatic heterocycles. The van der Waals surface area contributed by atoms with Gasteiger partial charge in [-0.15, -0.1) is 11.3 Å². The summed E-state index contributed by atoms with van der Waals surface area (Å²) >= 11 is 1.13. The fraction of sp³-hybridized carbons (Fsp3) is 0.393. The molecule has 192 valence electrons. The van der Waals surface area contributed by atoms with Gasteiger partial charge in [-0.05, 0) is 67.9 Å². The fourth-order valence-corrected chi connectivity index (χ4v) is 5.13. The monoisotopic (exact) mass is 515 g/mol. The number of likely N-dealkylation sites (tertiary alicyclic amines) is 1. The number of thiophene rings is 1. The molecule has 1 fully saturated rings. The second-order valence-electron chi connectivity index (χ2n) is 9.02. The summed E-state index contributed by atoms with van der Waals surface area (Å²) in [6.45, 7) is 3.94. The van der Waals surface area contributed by atoms with Crippen molar-refractivity contribution in [3.8, 4) is 0 Å². The minimum Gasteiger partial charge on any atom is -0.477 e. The van der Waals surface area contributed by atoms with Gasteiger partial charge in [0.1, 0.15) is 4.88 Å². The summed E-state index contributed by atoms with van der Waals surface area (Å²) in [6.07, 6.45) is 7.19. The van der Waals surface area contributed by atoms with Gasteiger partial charge < -0.3 is 10.0 Å². The Morgan fingerprint density at radius 1 is 1.08 bits per heavy atom. The lowest BCUT2D eigenvalue weighted by Crippen LogP contribution is -2.36. The summed E-state index contributed by atoms with van der Waals surface area (Å²) in [5, 5.41) is 9.01. The number of allylic oxidation sites excluding steroid dienone is 2. The number of rotatable bonds is 14. The van der Waals surface area contributed by atoms with Gasteiger partial charge in [-0.25, -0.2) is 4.79 Å². The number of ketones is 1. The maximum absolute atomic E-state index is 14.1. The Bertz CT molecular complexity index is 1110. The molecule has 1 amide bonds. The fourth-order valence-electron chi connectivity index (χ4n) is 4.24. The van der Waals surface area contributed by atoms with E-state index in [9.17, 15) is 23.2 Å². The van der Waals surface area contributed by atoms with E-state index >= 15 is 0 Å². The van der Waals surface area contributed by atoms with Gasteiger partial charge in [-0.2, -0.15) is 8.78 Å². The molecule has 0 radical (unpaired) electrons. The highest BCUT2D eigenvalue weighted by atomic mass is 32.1. The average Bonchev–Trinajstić information content (AvgIpc) is 3.41. The molecule has 0 saturated carbocycles. The van der Waals surface area contributed by atoms with Crippen LogP contribution in [0.1, 0.15) is 58.6 Å². The van der Waals surface area contributed by atoms with E-state index in [0.29, 0.717) is 24.8 Å². The summed E-state index contributed by atoms with van der Waals surface area (Å²) in [4.78, 5) is 37.8. The average molecular weight is 516 g/mol. The van der Waals surface area contributed by atoms with Crippen LogP contribution in [0.25, 0.3) is 0 Å². The van der Waals surface area contributed by atoms with E-state index in [-0.39, 0.29) is 17.2 Å². The van der Waals surface area contributed by atoms with Crippen molar-refractivity contribution in [3.05, 3.63) is 82.1 Å². The van der Waals surface area contributed by atoms with Gasteiger partial charge in [-0.3, -0.25) is 9.59 Å². The first-order chi connectivity index (χ1) is 17.2. The molecule has 1 saturated heterocycles. The van der Waals surface area contributed by atoms with Crippen LogP contribution in [0.4, 0.5) is 8.78 Å². The second-order valence-corrected chi connectivity index (χ2v) is 10.2. The molecular weight excluding hydrogens is 484 g/mol. The van der Waals surface area contributed by atoms with Crippen LogP contribution in [0.5, 0.6) is 0 Å². The SMILES string of the molecule is C=C(CCCCCc1ccccc1)C(=O)/C=C/[C@H]1CC(F)(F)C(=O)N1CCCc1ccc(C(=O)O)s1. The van der Waals surface area contributed by atoms with E-state index in [1.54, 1.807) is 6.07 Å². The van der Waals surface area contributed by atoms with E-state index in [1.165, 1.54) is 23.8 Å². The number of aryl methyl sites for hydroxylation is 2. The Morgan fingerprint density at radius 3 is 2.53 bits per heavy atom. The number of alkyl halides is 2. The number of hydrogen-bond donors (Lipinski definition) is 1. The molecule has 1 aromatic carbocycles. The minimum atomic E-state index is -3.47. The standard InChI is InChI=1S/C28H31F2NO4S/c1-20(9-4-2-5-10-21-11-6-3-7-12-21)24(32)16-14-22-19-28(29,30)27(35)31(22)18-8-13-23-15-17-25(36-23)26(33)34/h3,6-7,11-12,14-17,22H,1-2,4-5,8-10,13,18-19H2,(H,33,34)/b16-14+/t22-/m0/s1. The number of halogens is 2. The minimum absolute atomic E-state index is 0.0975. The zero-order valence-corrected chi connectivity index (χ0v) is 20.9. The second kappa shape index (κ2) is 12.7. The molecular formula is C28H31F2NO4S. The number of hydrogen-bond acceptors (Lipinski definition) is 4. The smallest absolute Gasteiger partial charge is 0.345 e. The van der Waals surface area contributed by atoms with Crippen molar-refractivity contribution >= 4 is 29.0 Å². The van der Waals surface area contributed by atoms with E-state index in [1.807, 2.05) is 18.2 Å². The third kappa shape index (κ3) is 7.68. The molecule has 0 bridgehead atoms. The third-order valence-corrected chi connectivity index (χ3v) is 7.37. The van der Waals surface area contributed by atoms with Gasteiger partial charge in [-0.1, -0.05) is 49.4 Å². The number of carboxylic acids is 1. The maximum Gasteiger partial charge on any atom is 0.345 e. The van der Waals surface area contributed by atoms with Gasteiger partial charge in [0.05, 0.1) is 6.04 Å². The first-order valence-corrected chi connectivity index (χ1v) is 12.9. The molecule has 1 aliphatic rings. The Labute approximate surface area is 214 Å². The quantitative estimate of drug-likeness (QED) is 0.244. The molecule has 0 aliphatic carbocycles. The molecule has 8 heteroatoms. The molecule has 5 nitrogen and oxygen atoms in total. The highest BCUT2D eigenvalue weighted by molar-refractivity contribution is 7.13. The molecule has 1 aromatic heterocycles. The van der Waals surface area contributed by atoms with Crippen molar-refractivity contribution in [1.82, 2.24) is 4.90 Å². The van der Waals surface area contributed by atoms with E-state index in [2.05, 4.69) is 18.7 Å². The lowest BCUT2D eigenvalue weighted by atomic mass is 10.0. The lowest BCUT2D eigenvalue weighted by Gasteiger charge is -2.21. The number of carboxylic acid groups (broad SMARTS) is 1. The molecule has 36 heavy (non-hydrogen) atoms. The molecule has 1 N–H and O–H groups in total. The number of carbonyl (C=O) groups excluding carboxylic acids is 2. The van der Waals surface area contributed by atoms with Crippen LogP contribution in [0.2, 0.25) is 0 Å². The van der Waals surface area contributed by atoms with Crippen molar-refractivity contribution < 1.29 is 28.3 Å². The number of amides is 1. The number of aromatic carboxylic acids is 1. The van der Waals surface area contributed by atoms with E-state index in [0.717, 1.165) is 46.8 Å². The van der Waals surface area contributed by atoms with Crippen LogP contribution in [-0.2, 0) is 22.4 Å². The number of carbonyl (C=O) groups is 3. The van der Waals surface area contributed by atoms with Crippen molar-refractivity contribution in [1.29, 1.82) is 0 Å². The van der Waals surface area contributed by atoms with Crippen LogP contribution < -0.4 is 0 Å². The summed E-state index contributed by atoms with van der Waals surface area (Å²) < 4.78 is 28.3. The van der Waals surface area contributed by atoms with Crippen LogP contribution in [0.3, 0.4) is 0 Å². The van der Waals surface area contributed by atoms with Crippen molar-refractivity contribution in [2.75, 3.05) is 6.54 Å². The summed E-state index contributed by atoms with van der Waals surface area (Å²) in [7, 11) is 0. The highest BCUT2D eigenvalue weighted by Crippen LogP contribution is 2.34. The Kier molecular flexibility index (Phi) is 9.70. The van der Waals surface area contributed by atoms with Gasteiger partial charge in [0.25, 0.3) is 5.91 Å². The number of benzene rings is 1. The van der Waals surface area contributed by atoms with Crippen LogP contribution in [-0.4, -0.2) is 46.2 Å². The Hall–Kier alpha value is -3.13. The molecule has 1 atom stereocenters. The first kappa shape index (κ1) is 27.5. The van der Waals surface area contributed by atoms with E-state index in [4.69, 9.17) is 5.11 Å². The number of nitrogens with zero attached hydrogens (tertiary/aromatic N) is 1. The van der Waals surface area contributed by atoms with Gasteiger partial charge in [0, 0.05) is 17.8 Å². The van der Waals surface area contributed by atoms with Gasteiger partial charge >= 0.3 is 11.9 Å². The molecule has 3 rings (SSSR count). The maximum atomic E-state index is 14.1. The predicted octanol–water partition coefficient (Wildman–Crippen LogP) is 6.10. The molecule has 0 spiro atoms. The van der Waals surface area contributed by atoms with E-state index < -0.39 is 30.3 Å². The summed E-state index contributed by atoms with van der Waals surface area (Å²) in [6, 6.07) is 12.5. The van der Waals surface area contributed by atoms with Crippen molar-refractivity contribution in [2.24, 2.45) is 0 Å². The first-order valence-electron chi connectivity index (χ1n) is 12.1. The Balaban J connectivity index is 1.45. The zero-order valence-electron chi connectivity index (χ0n) is 20.1. The zero-order chi connectivity index (χ0) is 26.1. The summed E-state index contributed by atoms with van der Waals surface area (Å²) in [5.41, 5.74) is 1.71. The molecule has 2 aromatic rings. The Morgan fingerprint density at radius 2 is 1.83 bits per heavy atom. The largest absolute Gasteiger partial charge is 0.477 e. The van der Waals surface area contributed by atoms with Crippen LogP contribution >= 0.6 is 11.3 Å². The third-order valence-electron chi connectivity index (χ3n) is 6.24.